The largest absolute Gasteiger partial charge is 0.466 e. The first kappa shape index (κ1) is 12.0. The van der Waals surface area contributed by atoms with Crippen LogP contribution in [0.4, 0.5) is 0 Å². The van der Waals surface area contributed by atoms with Gasteiger partial charge in [0.15, 0.2) is 0 Å². The van der Waals surface area contributed by atoms with E-state index in [1.165, 1.54) is 7.11 Å². The van der Waals surface area contributed by atoms with Gasteiger partial charge in [-0.3, -0.25) is 0 Å². The molecule has 15 heavy (non-hydrogen) atoms. The van der Waals surface area contributed by atoms with Crippen LogP contribution in [-0.2, 0) is 9.53 Å². The van der Waals surface area contributed by atoms with E-state index in [1.807, 2.05) is 6.08 Å². The summed E-state index contributed by atoms with van der Waals surface area (Å²) >= 11 is 0. The molecule has 3 atom stereocenters. The van der Waals surface area contributed by atoms with E-state index < -0.39 is 12.1 Å². The molecule has 0 bridgehead atoms. The summed E-state index contributed by atoms with van der Waals surface area (Å²) in [4.78, 5) is 11.3. The van der Waals surface area contributed by atoms with Crippen molar-refractivity contribution in [2.45, 2.75) is 25.4 Å². The van der Waals surface area contributed by atoms with Gasteiger partial charge in [-0.15, -0.1) is 6.58 Å². The minimum Gasteiger partial charge on any atom is -0.466 e. The molecule has 3 unspecified atom stereocenters. The third-order valence-corrected chi connectivity index (χ3v) is 3.08. The molecule has 0 aromatic rings. The molecule has 1 N–H and O–H groups in total. The molecule has 84 valence electrons. The molecular formula is C12H18O3. The fraction of sp³-hybridized carbons (Fsp3) is 0.583. The van der Waals surface area contributed by atoms with Crippen LogP contribution >= 0.6 is 0 Å². The van der Waals surface area contributed by atoms with Crippen LogP contribution in [0.3, 0.4) is 0 Å². The molecule has 0 amide bonds. The van der Waals surface area contributed by atoms with Gasteiger partial charge in [0.25, 0.3) is 0 Å². The van der Waals surface area contributed by atoms with Crippen molar-refractivity contribution in [3.63, 3.8) is 0 Å². The van der Waals surface area contributed by atoms with Crippen LogP contribution in [0.15, 0.2) is 24.8 Å². The van der Waals surface area contributed by atoms with E-state index in [-0.39, 0.29) is 5.92 Å². The molecular weight excluding hydrogens is 192 g/mol. The van der Waals surface area contributed by atoms with E-state index in [1.54, 1.807) is 0 Å². The standard InChI is InChI=1S/C12H18O3/c1-4-9-5-6-11(13)10(7-9)8(2)12(14)15-3/h4,9-11,13H,1-2,5-7H2,3H3. The van der Waals surface area contributed by atoms with Crippen molar-refractivity contribution in [3.8, 4) is 0 Å². The maximum Gasteiger partial charge on any atom is 0.333 e. The summed E-state index contributed by atoms with van der Waals surface area (Å²) in [5.41, 5.74) is 0.372. The summed E-state index contributed by atoms with van der Waals surface area (Å²) in [5, 5.41) is 9.79. The summed E-state index contributed by atoms with van der Waals surface area (Å²) in [6.45, 7) is 7.44. The second-order valence-electron chi connectivity index (χ2n) is 4.00. The van der Waals surface area contributed by atoms with Crippen LogP contribution < -0.4 is 0 Å². The number of carbonyl (C=O) groups is 1. The van der Waals surface area contributed by atoms with Gasteiger partial charge in [-0.1, -0.05) is 12.7 Å². The molecule has 0 heterocycles. The van der Waals surface area contributed by atoms with Crippen molar-refractivity contribution in [1.29, 1.82) is 0 Å². The third-order valence-electron chi connectivity index (χ3n) is 3.08. The number of rotatable bonds is 3. The van der Waals surface area contributed by atoms with Gasteiger partial charge in [0.2, 0.25) is 0 Å². The van der Waals surface area contributed by atoms with Crippen molar-refractivity contribution in [2.75, 3.05) is 7.11 Å². The first-order valence-corrected chi connectivity index (χ1v) is 5.17. The van der Waals surface area contributed by atoms with Crippen molar-refractivity contribution in [3.05, 3.63) is 24.8 Å². The van der Waals surface area contributed by atoms with Crippen LogP contribution in [0.1, 0.15) is 19.3 Å². The Balaban J connectivity index is 2.69. The summed E-state index contributed by atoms with van der Waals surface area (Å²) in [7, 11) is 1.33. The Bertz CT molecular complexity index is 270. The Morgan fingerprint density at radius 1 is 1.53 bits per heavy atom. The Kier molecular flexibility index (Phi) is 4.09. The fourth-order valence-electron chi connectivity index (χ4n) is 2.06. The molecule has 0 aromatic carbocycles. The lowest BCUT2D eigenvalue weighted by Crippen LogP contribution is -2.32. The molecule has 3 heteroatoms. The number of aliphatic hydroxyl groups excluding tert-OH is 1. The highest BCUT2D eigenvalue weighted by Gasteiger charge is 2.32. The molecule has 0 aromatic heterocycles. The highest BCUT2D eigenvalue weighted by atomic mass is 16.5. The normalized spacial score (nSPS) is 30.7. The zero-order valence-corrected chi connectivity index (χ0v) is 9.11. The lowest BCUT2D eigenvalue weighted by atomic mass is 9.76. The van der Waals surface area contributed by atoms with Crippen molar-refractivity contribution >= 4 is 5.97 Å². The number of hydrogen-bond acceptors (Lipinski definition) is 3. The van der Waals surface area contributed by atoms with E-state index in [0.29, 0.717) is 17.9 Å². The van der Waals surface area contributed by atoms with E-state index in [0.717, 1.165) is 12.8 Å². The summed E-state index contributed by atoms with van der Waals surface area (Å²) in [6.07, 6.45) is 3.75. The Labute approximate surface area is 90.4 Å². The second kappa shape index (κ2) is 5.12. The maximum absolute atomic E-state index is 11.3. The van der Waals surface area contributed by atoms with Crippen molar-refractivity contribution in [1.82, 2.24) is 0 Å². The van der Waals surface area contributed by atoms with Gasteiger partial charge in [-0.05, 0) is 25.2 Å². The number of methoxy groups -OCH3 is 1. The number of carbonyl (C=O) groups excluding carboxylic acids is 1. The summed E-state index contributed by atoms with van der Waals surface area (Å²) in [6, 6.07) is 0. The summed E-state index contributed by atoms with van der Waals surface area (Å²) < 4.78 is 4.61. The molecule has 0 saturated heterocycles. The first-order chi connectivity index (χ1) is 7.10. The topological polar surface area (TPSA) is 46.5 Å². The molecule has 1 rings (SSSR count). The average molecular weight is 210 g/mol. The van der Waals surface area contributed by atoms with Gasteiger partial charge < -0.3 is 9.84 Å². The lowest BCUT2D eigenvalue weighted by Gasteiger charge is -2.32. The van der Waals surface area contributed by atoms with Crippen LogP contribution in [0.5, 0.6) is 0 Å². The molecule has 0 radical (unpaired) electrons. The molecule has 0 spiro atoms. The van der Waals surface area contributed by atoms with Gasteiger partial charge in [0.05, 0.1) is 13.2 Å². The minimum atomic E-state index is -0.479. The summed E-state index contributed by atoms with van der Waals surface area (Å²) in [5.74, 6) is -0.252. The zero-order valence-electron chi connectivity index (χ0n) is 9.11. The van der Waals surface area contributed by atoms with Crippen molar-refractivity contribution < 1.29 is 14.6 Å². The minimum absolute atomic E-state index is 0.186. The number of esters is 1. The molecule has 1 fully saturated rings. The number of ether oxygens (including phenoxy) is 1. The molecule has 1 aliphatic rings. The third kappa shape index (κ3) is 2.69. The maximum atomic E-state index is 11.3. The van der Waals surface area contributed by atoms with E-state index >= 15 is 0 Å². The number of hydrogen-bond donors (Lipinski definition) is 1. The zero-order chi connectivity index (χ0) is 11.4. The Morgan fingerprint density at radius 2 is 2.20 bits per heavy atom. The predicted molar refractivity (Wildman–Crippen MR) is 58.2 cm³/mol. The fourth-order valence-corrected chi connectivity index (χ4v) is 2.06. The van der Waals surface area contributed by atoms with Crippen molar-refractivity contribution in [2.24, 2.45) is 11.8 Å². The molecule has 3 nitrogen and oxygen atoms in total. The Morgan fingerprint density at radius 3 is 2.73 bits per heavy atom. The van der Waals surface area contributed by atoms with Gasteiger partial charge in [0.1, 0.15) is 0 Å². The van der Waals surface area contributed by atoms with E-state index in [4.69, 9.17) is 0 Å². The highest BCUT2D eigenvalue weighted by molar-refractivity contribution is 5.88. The smallest absolute Gasteiger partial charge is 0.333 e. The Hall–Kier alpha value is -1.09. The van der Waals surface area contributed by atoms with Gasteiger partial charge in [-0.2, -0.15) is 0 Å². The van der Waals surface area contributed by atoms with Crippen LogP contribution in [0.2, 0.25) is 0 Å². The average Bonchev–Trinajstić information content (AvgIpc) is 2.27. The lowest BCUT2D eigenvalue weighted by molar-refractivity contribution is -0.137. The SMILES string of the molecule is C=CC1CCC(O)C(C(=C)C(=O)OC)C1. The van der Waals surface area contributed by atoms with Gasteiger partial charge in [0, 0.05) is 11.5 Å². The van der Waals surface area contributed by atoms with E-state index in [9.17, 15) is 9.90 Å². The highest BCUT2D eigenvalue weighted by Crippen LogP contribution is 2.34. The van der Waals surface area contributed by atoms with Gasteiger partial charge >= 0.3 is 5.97 Å². The van der Waals surface area contributed by atoms with E-state index in [2.05, 4.69) is 17.9 Å². The second-order valence-corrected chi connectivity index (χ2v) is 4.00. The quantitative estimate of drug-likeness (QED) is 0.438. The number of aliphatic hydroxyl groups is 1. The van der Waals surface area contributed by atoms with Gasteiger partial charge in [-0.25, -0.2) is 4.79 Å². The predicted octanol–water partition coefficient (Wildman–Crippen LogP) is 1.68. The monoisotopic (exact) mass is 210 g/mol. The molecule has 0 aliphatic heterocycles. The van der Waals surface area contributed by atoms with Crippen LogP contribution in [-0.4, -0.2) is 24.3 Å². The first-order valence-electron chi connectivity index (χ1n) is 5.17. The molecule has 1 saturated carbocycles. The van der Waals surface area contributed by atoms with Crippen LogP contribution in [0.25, 0.3) is 0 Å². The molecule has 1 aliphatic carbocycles. The van der Waals surface area contributed by atoms with Crippen LogP contribution in [0, 0.1) is 11.8 Å². The number of allylic oxidation sites excluding steroid dienone is 1.